The molecule has 1 aliphatic heterocycles. The lowest BCUT2D eigenvalue weighted by Gasteiger charge is -2.40. The molecule has 4 heterocycles. The maximum Gasteiger partial charge on any atom is 0.192 e. The van der Waals surface area contributed by atoms with Gasteiger partial charge in [-0.15, -0.1) is 0 Å². The summed E-state index contributed by atoms with van der Waals surface area (Å²) in [6, 6.07) is 8.80. The van der Waals surface area contributed by atoms with Gasteiger partial charge in [0, 0.05) is 18.3 Å². The van der Waals surface area contributed by atoms with Crippen LogP contribution in [0.25, 0.3) is 22.6 Å². The van der Waals surface area contributed by atoms with Gasteiger partial charge < -0.3 is 18.6 Å². The van der Waals surface area contributed by atoms with Crippen molar-refractivity contribution in [2.75, 3.05) is 11.5 Å². The van der Waals surface area contributed by atoms with Crippen molar-refractivity contribution in [3.05, 3.63) is 70.6 Å². The monoisotopic (exact) mass is 645 g/mol. The quantitative estimate of drug-likeness (QED) is 0.167. The van der Waals surface area contributed by atoms with Crippen LogP contribution in [-0.4, -0.2) is 41.1 Å². The average Bonchev–Trinajstić information content (AvgIpc) is 3.53. The Labute approximate surface area is 273 Å². The zero-order valence-electron chi connectivity index (χ0n) is 29.2. The van der Waals surface area contributed by atoms with Gasteiger partial charge in [-0.2, -0.15) is 0 Å². The molecule has 0 saturated carbocycles. The molecule has 10 heteroatoms. The first kappa shape index (κ1) is 33.7. The second-order valence-corrected chi connectivity index (χ2v) is 20.0. The van der Waals surface area contributed by atoms with Crippen molar-refractivity contribution < 1.29 is 18.1 Å². The van der Waals surface area contributed by atoms with E-state index in [1.165, 1.54) is 6.07 Å². The molecule has 46 heavy (non-hydrogen) atoms. The molecule has 0 amide bonds. The normalized spacial score (nSPS) is 14.5. The van der Waals surface area contributed by atoms with E-state index in [2.05, 4.69) is 75.7 Å². The van der Waals surface area contributed by atoms with Gasteiger partial charge in [0.2, 0.25) is 0 Å². The Morgan fingerprint density at radius 1 is 1.02 bits per heavy atom. The molecule has 8 nitrogen and oxygen atoms in total. The highest BCUT2D eigenvalue weighted by Gasteiger charge is 2.40. The molecule has 0 fully saturated rings. The lowest BCUT2D eigenvalue weighted by Crippen LogP contribution is -2.46. The fourth-order valence-corrected chi connectivity index (χ4v) is 7.05. The molecule has 246 valence electrons. The predicted molar refractivity (Wildman–Crippen MR) is 183 cm³/mol. The first-order valence-electron chi connectivity index (χ1n) is 16.0. The molecule has 0 spiro atoms. The SMILES string of the molecule is Cc1noc(C)c1-c1nc(-c2cc(OC[C@@H](CC(C)(C)C)O[Si](C)(C)C(C)(C)C)ccc2F)nc(N2Cc3cccnc3C2)c1C. The Morgan fingerprint density at radius 2 is 1.76 bits per heavy atom. The average molecular weight is 646 g/mol. The van der Waals surface area contributed by atoms with Crippen LogP contribution in [0, 0.1) is 32.0 Å². The summed E-state index contributed by atoms with van der Waals surface area (Å²) in [5.74, 6) is 1.74. The molecular weight excluding hydrogens is 598 g/mol. The number of ether oxygens (including phenoxy) is 1. The summed E-state index contributed by atoms with van der Waals surface area (Å²) in [6.45, 7) is 25.2. The molecule has 1 aliphatic rings. The number of hydrogen-bond acceptors (Lipinski definition) is 8. The van der Waals surface area contributed by atoms with E-state index in [0.29, 0.717) is 42.6 Å². The highest BCUT2D eigenvalue weighted by Crippen LogP contribution is 2.40. The highest BCUT2D eigenvalue weighted by molar-refractivity contribution is 6.74. The van der Waals surface area contributed by atoms with Gasteiger partial charge >= 0.3 is 0 Å². The number of anilines is 1. The largest absolute Gasteiger partial charge is 0.491 e. The summed E-state index contributed by atoms with van der Waals surface area (Å²) in [5, 5.41) is 4.24. The van der Waals surface area contributed by atoms with Gasteiger partial charge in [-0.1, -0.05) is 52.8 Å². The van der Waals surface area contributed by atoms with E-state index in [0.717, 1.165) is 34.6 Å². The number of rotatable bonds is 9. The number of halogens is 1. The third-order valence-corrected chi connectivity index (χ3v) is 13.6. The van der Waals surface area contributed by atoms with Gasteiger partial charge in [0.15, 0.2) is 14.1 Å². The standard InChI is InChI=1S/C36H48FN5O3Si/c1-22-32(31-23(2)41-44-24(31)3)39-33(40-34(22)42-19-25-13-12-16-38-30(25)20-42)28-17-26(14-15-29(28)37)43-21-27(18-35(4,5)6)45-46(10,11)36(7,8)9/h12-17,27H,18-21H2,1-11H3/t27-/m1/s1. The van der Waals surface area contributed by atoms with Crippen molar-refractivity contribution in [3.63, 3.8) is 0 Å². The molecule has 0 aliphatic carbocycles. The highest BCUT2D eigenvalue weighted by atomic mass is 28.4. The van der Waals surface area contributed by atoms with Crippen molar-refractivity contribution in [2.45, 2.75) is 106 Å². The minimum absolute atomic E-state index is 0.0514. The second-order valence-electron chi connectivity index (χ2n) is 15.2. The van der Waals surface area contributed by atoms with Crippen LogP contribution in [0.3, 0.4) is 0 Å². The molecule has 0 unspecified atom stereocenters. The summed E-state index contributed by atoms with van der Waals surface area (Å²) in [4.78, 5) is 16.7. The van der Waals surface area contributed by atoms with E-state index in [-0.39, 0.29) is 27.9 Å². The van der Waals surface area contributed by atoms with Gasteiger partial charge in [-0.3, -0.25) is 4.98 Å². The fraction of sp³-hybridized carbons (Fsp3) is 0.500. The fourth-order valence-electron chi connectivity index (χ4n) is 5.71. The first-order chi connectivity index (χ1) is 21.4. The minimum Gasteiger partial charge on any atom is -0.491 e. The minimum atomic E-state index is -2.05. The van der Waals surface area contributed by atoms with Gasteiger partial charge in [0.25, 0.3) is 0 Å². The molecule has 1 atom stereocenters. The predicted octanol–water partition coefficient (Wildman–Crippen LogP) is 8.98. The van der Waals surface area contributed by atoms with E-state index in [1.807, 2.05) is 26.8 Å². The number of pyridine rings is 1. The maximum atomic E-state index is 15.7. The summed E-state index contributed by atoms with van der Waals surface area (Å²) in [5.41, 5.74) is 5.50. The van der Waals surface area contributed by atoms with Gasteiger partial charge in [-0.05, 0) is 80.6 Å². The summed E-state index contributed by atoms with van der Waals surface area (Å²) >= 11 is 0. The Hall–Kier alpha value is -3.63. The molecule has 4 aromatic rings. The molecule has 3 aromatic heterocycles. The molecule has 0 radical (unpaired) electrons. The maximum absolute atomic E-state index is 15.7. The molecule has 0 N–H and O–H groups in total. The van der Waals surface area contributed by atoms with Crippen molar-refractivity contribution in [1.29, 1.82) is 0 Å². The van der Waals surface area contributed by atoms with Crippen molar-refractivity contribution in [2.24, 2.45) is 5.41 Å². The van der Waals surface area contributed by atoms with E-state index in [1.54, 1.807) is 18.3 Å². The Bertz CT molecular complexity index is 1680. The molecular formula is C36H48FN5O3Si. The van der Waals surface area contributed by atoms with Crippen LogP contribution >= 0.6 is 0 Å². The van der Waals surface area contributed by atoms with E-state index in [4.69, 9.17) is 23.7 Å². The third kappa shape index (κ3) is 7.18. The summed E-state index contributed by atoms with van der Waals surface area (Å²) < 4.78 is 34.4. The lowest BCUT2D eigenvalue weighted by molar-refractivity contribution is 0.0789. The van der Waals surface area contributed by atoms with E-state index in [9.17, 15) is 0 Å². The Kier molecular flexibility index (Phi) is 9.18. The number of fused-ring (bicyclic) bond motifs is 1. The van der Waals surface area contributed by atoms with Crippen molar-refractivity contribution in [1.82, 2.24) is 20.1 Å². The summed E-state index contributed by atoms with van der Waals surface area (Å²) in [6.07, 6.45) is 2.54. The number of aryl methyl sites for hydroxylation is 2. The van der Waals surface area contributed by atoms with Crippen LogP contribution in [0.2, 0.25) is 18.1 Å². The third-order valence-electron chi connectivity index (χ3n) is 9.10. The number of nitrogens with zero attached hydrogens (tertiary/aromatic N) is 5. The van der Waals surface area contributed by atoms with Crippen LogP contribution in [0.4, 0.5) is 10.2 Å². The first-order valence-corrected chi connectivity index (χ1v) is 18.9. The van der Waals surface area contributed by atoms with Gasteiger partial charge in [0.05, 0.1) is 40.9 Å². The van der Waals surface area contributed by atoms with Crippen molar-refractivity contribution in [3.8, 4) is 28.4 Å². The van der Waals surface area contributed by atoms with Crippen LogP contribution in [0.5, 0.6) is 5.75 Å². The van der Waals surface area contributed by atoms with E-state index >= 15 is 4.39 Å². The summed E-state index contributed by atoms with van der Waals surface area (Å²) in [7, 11) is -2.05. The smallest absolute Gasteiger partial charge is 0.192 e. The Balaban J connectivity index is 1.52. The topological polar surface area (TPSA) is 86.4 Å². The van der Waals surface area contributed by atoms with Gasteiger partial charge in [0.1, 0.15) is 29.8 Å². The number of benzene rings is 1. The zero-order chi connectivity index (χ0) is 33.6. The lowest BCUT2D eigenvalue weighted by atomic mass is 9.89. The van der Waals surface area contributed by atoms with Crippen LogP contribution in [0.1, 0.15) is 76.2 Å². The van der Waals surface area contributed by atoms with E-state index < -0.39 is 14.1 Å². The second kappa shape index (κ2) is 12.5. The van der Waals surface area contributed by atoms with Crippen molar-refractivity contribution >= 4 is 14.1 Å². The molecule has 0 saturated heterocycles. The molecule has 0 bridgehead atoms. The van der Waals surface area contributed by atoms with Gasteiger partial charge in [-0.25, -0.2) is 14.4 Å². The zero-order valence-corrected chi connectivity index (χ0v) is 30.2. The molecule has 5 rings (SSSR count). The molecule has 1 aromatic carbocycles. The number of aromatic nitrogens is 4. The van der Waals surface area contributed by atoms with Crippen LogP contribution in [-0.2, 0) is 17.5 Å². The van der Waals surface area contributed by atoms with Crippen LogP contribution < -0.4 is 9.64 Å². The number of hydrogen-bond donors (Lipinski definition) is 0. The Morgan fingerprint density at radius 3 is 2.39 bits per heavy atom. The van der Waals surface area contributed by atoms with Crippen LogP contribution in [0.15, 0.2) is 41.1 Å².